The van der Waals surface area contributed by atoms with E-state index in [9.17, 15) is 0 Å². The summed E-state index contributed by atoms with van der Waals surface area (Å²) in [5.41, 5.74) is 0. The Morgan fingerprint density at radius 1 is 1.21 bits per heavy atom. The highest BCUT2D eigenvalue weighted by atomic mass is 14.8. The molecule has 1 saturated carbocycles. The second-order valence-electron chi connectivity index (χ2n) is 5.32. The summed E-state index contributed by atoms with van der Waals surface area (Å²) in [6, 6.07) is 0. The number of nitrogens with one attached hydrogen (secondary N) is 1. The molecule has 84 valence electrons. The molecule has 0 amide bonds. The molecule has 4 atom stereocenters. The van der Waals surface area contributed by atoms with Crippen LogP contribution in [0.4, 0.5) is 0 Å². The zero-order valence-corrected chi connectivity index (χ0v) is 10.3. The van der Waals surface area contributed by atoms with Crippen LogP contribution in [0, 0.1) is 23.7 Å². The summed E-state index contributed by atoms with van der Waals surface area (Å²) in [6.07, 6.45) is 5.86. The van der Waals surface area contributed by atoms with E-state index in [1.165, 1.54) is 32.2 Å². The van der Waals surface area contributed by atoms with E-state index in [1.54, 1.807) is 0 Å². The molecular formula is C13H27N. The molecule has 1 fully saturated rings. The molecular weight excluding hydrogens is 170 g/mol. The van der Waals surface area contributed by atoms with Gasteiger partial charge < -0.3 is 5.32 Å². The highest BCUT2D eigenvalue weighted by molar-refractivity contribution is 4.79. The zero-order chi connectivity index (χ0) is 10.6. The maximum absolute atomic E-state index is 3.30. The van der Waals surface area contributed by atoms with E-state index >= 15 is 0 Å². The number of hydrogen-bond acceptors (Lipinski definition) is 1. The van der Waals surface area contributed by atoms with E-state index in [0.717, 1.165) is 23.7 Å². The number of hydrogen-bond donors (Lipinski definition) is 1. The summed E-state index contributed by atoms with van der Waals surface area (Å²) in [5, 5.41) is 3.30. The normalized spacial score (nSPS) is 32.6. The van der Waals surface area contributed by atoms with Crippen LogP contribution in [0.1, 0.15) is 46.5 Å². The van der Waals surface area contributed by atoms with Gasteiger partial charge in [-0.2, -0.15) is 0 Å². The number of rotatable bonds is 4. The summed E-state index contributed by atoms with van der Waals surface area (Å²) < 4.78 is 0. The summed E-state index contributed by atoms with van der Waals surface area (Å²) in [4.78, 5) is 0. The van der Waals surface area contributed by atoms with Crippen molar-refractivity contribution in [2.45, 2.75) is 46.5 Å². The average molecular weight is 197 g/mol. The molecule has 1 nitrogen and oxygen atoms in total. The van der Waals surface area contributed by atoms with Crippen LogP contribution < -0.4 is 5.32 Å². The fraction of sp³-hybridized carbons (Fsp3) is 1.00. The Morgan fingerprint density at radius 3 is 2.43 bits per heavy atom. The molecule has 0 spiro atoms. The maximum Gasteiger partial charge on any atom is -0.00235 e. The molecule has 14 heavy (non-hydrogen) atoms. The van der Waals surface area contributed by atoms with Crippen molar-refractivity contribution in [3.8, 4) is 0 Å². The van der Waals surface area contributed by atoms with Crippen LogP contribution in [0.2, 0.25) is 0 Å². The zero-order valence-electron chi connectivity index (χ0n) is 10.3. The molecule has 1 heteroatoms. The minimum atomic E-state index is 0.825. The summed E-state index contributed by atoms with van der Waals surface area (Å²) in [6.45, 7) is 8.47. The van der Waals surface area contributed by atoms with Gasteiger partial charge in [-0.15, -0.1) is 0 Å². The molecule has 0 aromatic rings. The van der Waals surface area contributed by atoms with Crippen molar-refractivity contribution in [2.75, 3.05) is 13.6 Å². The molecule has 0 aromatic heterocycles. The van der Waals surface area contributed by atoms with Crippen molar-refractivity contribution in [2.24, 2.45) is 23.7 Å². The second-order valence-corrected chi connectivity index (χ2v) is 5.32. The molecule has 1 aliphatic rings. The van der Waals surface area contributed by atoms with Crippen molar-refractivity contribution in [1.82, 2.24) is 5.32 Å². The quantitative estimate of drug-likeness (QED) is 0.729. The summed E-state index contributed by atoms with van der Waals surface area (Å²) in [5.74, 6) is 3.65. The topological polar surface area (TPSA) is 12.0 Å². The first-order valence-corrected chi connectivity index (χ1v) is 6.31. The van der Waals surface area contributed by atoms with Gasteiger partial charge in [0.15, 0.2) is 0 Å². The summed E-state index contributed by atoms with van der Waals surface area (Å²) in [7, 11) is 2.06. The smallest absolute Gasteiger partial charge is 0.00235 e. The van der Waals surface area contributed by atoms with E-state index < -0.39 is 0 Å². The third-order valence-electron chi connectivity index (χ3n) is 4.28. The van der Waals surface area contributed by atoms with Crippen molar-refractivity contribution >= 4 is 0 Å². The first-order valence-electron chi connectivity index (χ1n) is 6.31. The molecule has 0 aromatic carbocycles. The van der Waals surface area contributed by atoms with Gasteiger partial charge in [0.25, 0.3) is 0 Å². The van der Waals surface area contributed by atoms with Gasteiger partial charge in [-0.3, -0.25) is 0 Å². The van der Waals surface area contributed by atoms with Crippen molar-refractivity contribution in [1.29, 1.82) is 0 Å². The van der Waals surface area contributed by atoms with Gasteiger partial charge >= 0.3 is 0 Å². The standard InChI is InChI=1S/C13H27N/c1-10-7-5-6-8-13(10)12(3)11(2)9-14-4/h10-14H,5-9H2,1-4H3/t10?,11?,12?,13-/m1/s1. The Balaban J connectivity index is 2.44. The van der Waals surface area contributed by atoms with Crippen LogP contribution >= 0.6 is 0 Å². The van der Waals surface area contributed by atoms with E-state index in [2.05, 4.69) is 33.1 Å². The van der Waals surface area contributed by atoms with E-state index in [1.807, 2.05) is 0 Å². The van der Waals surface area contributed by atoms with Crippen LogP contribution in [0.3, 0.4) is 0 Å². The van der Waals surface area contributed by atoms with Gasteiger partial charge in [-0.05, 0) is 43.7 Å². The Hall–Kier alpha value is -0.0400. The molecule has 0 radical (unpaired) electrons. The molecule has 0 saturated heterocycles. The van der Waals surface area contributed by atoms with Crippen LogP contribution in [-0.4, -0.2) is 13.6 Å². The lowest BCUT2D eigenvalue weighted by atomic mass is 9.70. The van der Waals surface area contributed by atoms with E-state index in [4.69, 9.17) is 0 Å². The van der Waals surface area contributed by atoms with E-state index in [0.29, 0.717) is 0 Å². The second kappa shape index (κ2) is 5.75. The highest BCUT2D eigenvalue weighted by Crippen LogP contribution is 2.37. The van der Waals surface area contributed by atoms with Gasteiger partial charge in [0.2, 0.25) is 0 Å². The SMILES string of the molecule is CNCC(C)C(C)[C@@H]1CCCCC1C. The lowest BCUT2D eigenvalue weighted by Gasteiger charge is -2.36. The first kappa shape index (κ1) is 12.0. The van der Waals surface area contributed by atoms with Crippen molar-refractivity contribution in [3.05, 3.63) is 0 Å². The Morgan fingerprint density at radius 2 is 1.86 bits per heavy atom. The Kier molecular flexibility index (Phi) is 4.94. The molecule has 1 N–H and O–H groups in total. The summed E-state index contributed by atoms with van der Waals surface area (Å²) >= 11 is 0. The lowest BCUT2D eigenvalue weighted by Crippen LogP contribution is -2.31. The largest absolute Gasteiger partial charge is 0.319 e. The maximum atomic E-state index is 3.30. The Labute approximate surface area is 89.7 Å². The monoisotopic (exact) mass is 197 g/mol. The molecule has 1 rings (SSSR count). The minimum Gasteiger partial charge on any atom is -0.319 e. The fourth-order valence-electron chi connectivity index (χ4n) is 3.06. The highest BCUT2D eigenvalue weighted by Gasteiger charge is 2.28. The molecule has 1 aliphatic carbocycles. The van der Waals surface area contributed by atoms with Gasteiger partial charge in [-0.25, -0.2) is 0 Å². The predicted molar refractivity (Wildman–Crippen MR) is 63.4 cm³/mol. The lowest BCUT2D eigenvalue weighted by molar-refractivity contribution is 0.143. The average Bonchev–Trinajstić information content (AvgIpc) is 2.18. The fourth-order valence-corrected chi connectivity index (χ4v) is 3.06. The molecule has 0 bridgehead atoms. The van der Waals surface area contributed by atoms with Gasteiger partial charge in [-0.1, -0.05) is 40.0 Å². The predicted octanol–water partition coefficient (Wildman–Crippen LogP) is 3.30. The van der Waals surface area contributed by atoms with Crippen LogP contribution in [0.25, 0.3) is 0 Å². The third kappa shape index (κ3) is 2.98. The van der Waals surface area contributed by atoms with Gasteiger partial charge in [0.1, 0.15) is 0 Å². The first-order chi connectivity index (χ1) is 6.66. The van der Waals surface area contributed by atoms with Crippen LogP contribution in [0.15, 0.2) is 0 Å². The van der Waals surface area contributed by atoms with Crippen molar-refractivity contribution in [3.63, 3.8) is 0 Å². The molecule has 0 heterocycles. The van der Waals surface area contributed by atoms with Crippen LogP contribution in [0.5, 0.6) is 0 Å². The minimum absolute atomic E-state index is 0.825. The van der Waals surface area contributed by atoms with Gasteiger partial charge in [0.05, 0.1) is 0 Å². The van der Waals surface area contributed by atoms with Crippen LogP contribution in [-0.2, 0) is 0 Å². The molecule has 3 unspecified atom stereocenters. The van der Waals surface area contributed by atoms with Gasteiger partial charge in [0, 0.05) is 0 Å². The van der Waals surface area contributed by atoms with Crippen molar-refractivity contribution < 1.29 is 0 Å². The Bertz CT molecular complexity index is 155. The van der Waals surface area contributed by atoms with E-state index in [-0.39, 0.29) is 0 Å². The molecule has 0 aliphatic heterocycles. The third-order valence-corrected chi connectivity index (χ3v) is 4.28.